The molecule has 0 bridgehead atoms. The van der Waals surface area contributed by atoms with Crippen LogP contribution >= 0.6 is 27.7 Å². The summed E-state index contributed by atoms with van der Waals surface area (Å²) in [6.07, 6.45) is 5.81. The molecule has 0 amide bonds. The first-order valence-electron chi connectivity index (χ1n) is 5.39. The van der Waals surface area contributed by atoms with E-state index in [9.17, 15) is 0 Å². The summed E-state index contributed by atoms with van der Waals surface area (Å²) in [5.74, 6) is 7.77. The molecule has 0 saturated heterocycles. The largest absolute Gasteiger partial charge is 0.271 e. The molecule has 0 saturated carbocycles. The normalized spacial score (nSPS) is 12.7. The lowest BCUT2D eigenvalue weighted by atomic mass is 10.1. The summed E-state index contributed by atoms with van der Waals surface area (Å²) in [6, 6.07) is 2.40. The van der Waals surface area contributed by atoms with Crippen LogP contribution < -0.4 is 11.3 Å². The van der Waals surface area contributed by atoms with Crippen molar-refractivity contribution >= 4 is 27.7 Å². The average molecular weight is 304 g/mol. The summed E-state index contributed by atoms with van der Waals surface area (Å²) < 4.78 is 1.02. The number of thioether (sulfide) groups is 1. The van der Waals surface area contributed by atoms with Crippen molar-refractivity contribution < 1.29 is 0 Å². The number of halogens is 1. The lowest BCUT2D eigenvalue weighted by Crippen LogP contribution is -2.38. The zero-order valence-corrected chi connectivity index (χ0v) is 11.9. The van der Waals surface area contributed by atoms with Gasteiger partial charge < -0.3 is 0 Å². The van der Waals surface area contributed by atoms with E-state index in [-0.39, 0.29) is 0 Å². The van der Waals surface area contributed by atoms with E-state index in [0.717, 1.165) is 16.6 Å². The SMILES string of the molecule is CCCSCC(Cc1cncc(Br)c1)NN. The Labute approximate surface area is 110 Å². The summed E-state index contributed by atoms with van der Waals surface area (Å²) in [5.41, 5.74) is 4.07. The van der Waals surface area contributed by atoms with E-state index in [1.165, 1.54) is 17.7 Å². The van der Waals surface area contributed by atoms with Crippen LogP contribution in [0.4, 0.5) is 0 Å². The van der Waals surface area contributed by atoms with Gasteiger partial charge in [0.15, 0.2) is 0 Å². The number of hydrazine groups is 1. The Morgan fingerprint density at radius 3 is 3.00 bits per heavy atom. The monoisotopic (exact) mass is 303 g/mol. The maximum absolute atomic E-state index is 5.55. The number of hydrogen-bond donors (Lipinski definition) is 2. The van der Waals surface area contributed by atoms with Crippen molar-refractivity contribution in [3.63, 3.8) is 0 Å². The molecule has 0 aliphatic carbocycles. The smallest absolute Gasteiger partial charge is 0.0410 e. The van der Waals surface area contributed by atoms with Crippen molar-refractivity contribution in [2.45, 2.75) is 25.8 Å². The topological polar surface area (TPSA) is 50.9 Å². The lowest BCUT2D eigenvalue weighted by molar-refractivity contribution is 0.574. The summed E-state index contributed by atoms with van der Waals surface area (Å²) in [4.78, 5) is 4.15. The van der Waals surface area contributed by atoms with E-state index in [4.69, 9.17) is 5.84 Å². The minimum Gasteiger partial charge on any atom is -0.271 e. The van der Waals surface area contributed by atoms with Crippen molar-refractivity contribution in [3.05, 3.63) is 28.5 Å². The Balaban J connectivity index is 2.43. The third-order valence-corrected chi connectivity index (χ3v) is 3.92. The van der Waals surface area contributed by atoms with Gasteiger partial charge in [-0.1, -0.05) is 6.92 Å². The van der Waals surface area contributed by atoms with Gasteiger partial charge >= 0.3 is 0 Å². The summed E-state index contributed by atoms with van der Waals surface area (Å²) in [7, 11) is 0. The van der Waals surface area contributed by atoms with Gasteiger partial charge in [0.05, 0.1) is 0 Å². The molecular weight excluding hydrogens is 286 g/mol. The molecule has 1 unspecified atom stereocenters. The predicted molar refractivity (Wildman–Crippen MR) is 74.4 cm³/mol. The van der Waals surface area contributed by atoms with Crippen LogP contribution in [-0.2, 0) is 6.42 Å². The molecular formula is C11H18BrN3S. The molecule has 0 fully saturated rings. The summed E-state index contributed by atoms with van der Waals surface area (Å²) in [5, 5.41) is 0. The highest BCUT2D eigenvalue weighted by Gasteiger charge is 2.08. The van der Waals surface area contributed by atoms with Gasteiger partial charge in [0.1, 0.15) is 0 Å². The van der Waals surface area contributed by atoms with Gasteiger partial charge in [-0.15, -0.1) is 0 Å². The van der Waals surface area contributed by atoms with Crippen LogP contribution in [0.15, 0.2) is 22.9 Å². The number of pyridine rings is 1. The van der Waals surface area contributed by atoms with Crippen LogP contribution in [0.3, 0.4) is 0 Å². The highest BCUT2D eigenvalue weighted by molar-refractivity contribution is 9.10. The second-order valence-electron chi connectivity index (χ2n) is 3.65. The number of nitrogens with two attached hydrogens (primary N) is 1. The Morgan fingerprint density at radius 1 is 1.56 bits per heavy atom. The van der Waals surface area contributed by atoms with Crippen LogP contribution in [-0.4, -0.2) is 22.5 Å². The fraction of sp³-hybridized carbons (Fsp3) is 0.545. The van der Waals surface area contributed by atoms with E-state index in [1.54, 1.807) is 6.20 Å². The third kappa shape index (κ3) is 5.30. The molecule has 1 rings (SSSR count). The fourth-order valence-electron chi connectivity index (χ4n) is 1.39. The molecule has 3 nitrogen and oxygen atoms in total. The Morgan fingerprint density at radius 2 is 2.38 bits per heavy atom. The molecule has 0 aliphatic rings. The van der Waals surface area contributed by atoms with E-state index < -0.39 is 0 Å². The van der Waals surface area contributed by atoms with Gasteiger partial charge in [-0.2, -0.15) is 11.8 Å². The zero-order chi connectivity index (χ0) is 11.8. The second-order valence-corrected chi connectivity index (χ2v) is 5.72. The van der Waals surface area contributed by atoms with Crippen LogP contribution in [0, 0.1) is 0 Å². The molecule has 5 heteroatoms. The fourth-order valence-corrected chi connectivity index (χ4v) is 2.75. The highest BCUT2D eigenvalue weighted by Crippen LogP contribution is 2.13. The summed E-state index contributed by atoms with van der Waals surface area (Å²) in [6.45, 7) is 2.19. The van der Waals surface area contributed by atoms with Crippen molar-refractivity contribution in [2.75, 3.05) is 11.5 Å². The Hall–Kier alpha value is -0.100. The van der Waals surface area contributed by atoms with Crippen molar-refractivity contribution in [1.29, 1.82) is 0 Å². The van der Waals surface area contributed by atoms with E-state index >= 15 is 0 Å². The number of rotatable bonds is 7. The molecule has 1 atom stereocenters. The summed E-state index contributed by atoms with van der Waals surface area (Å²) >= 11 is 5.35. The number of aromatic nitrogens is 1. The van der Waals surface area contributed by atoms with E-state index in [0.29, 0.717) is 6.04 Å². The molecule has 90 valence electrons. The first-order valence-corrected chi connectivity index (χ1v) is 7.34. The second kappa shape index (κ2) is 8.06. The van der Waals surface area contributed by atoms with Crippen LogP contribution in [0.1, 0.15) is 18.9 Å². The zero-order valence-electron chi connectivity index (χ0n) is 9.45. The first kappa shape index (κ1) is 14.0. The van der Waals surface area contributed by atoms with Gasteiger partial charge in [0.2, 0.25) is 0 Å². The average Bonchev–Trinajstić information content (AvgIpc) is 2.28. The van der Waals surface area contributed by atoms with Gasteiger partial charge in [-0.05, 0) is 46.2 Å². The number of nitrogens with one attached hydrogen (secondary N) is 1. The van der Waals surface area contributed by atoms with Crippen molar-refractivity contribution in [1.82, 2.24) is 10.4 Å². The van der Waals surface area contributed by atoms with Gasteiger partial charge in [-0.3, -0.25) is 16.3 Å². The maximum atomic E-state index is 5.55. The highest BCUT2D eigenvalue weighted by atomic mass is 79.9. The van der Waals surface area contributed by atoms with Crippen LogP contribution in [0.5, 0.6) is 0 Å². The van der Waals surface area contributed by atoms with Gasteiger partial charge in [0.25, 0.3) is 0 Å². The standard InChI is InChI=1S/C11H18BrN3S/c1-2-3-16-8-11(15-13)5-9-4-10(12)7-14-6-9/h4,6-7,11,15H,2-3,5,8,13H2,1H3. The molecule has 16 heavy (non-hydrogen) atoms. The minimum absolute atomic E-state index is 0.313. The lowest BCUT2D eigenvalue weighted by Gasteiger charge is -2.15. The molecule has 1 heterocycles. The first-order chi connectivity index (χ1) is 7.76. The van der Waals surface area contributed by atoms with E-state index in [2.05, 4.69) is 39.3 Å². The van der Waals surface area contributed by atoms with Crippen molar-refractivity contribution in [3.8, 4) is 0 Å². The molecule has 0 aliphatic heterocycles. The minimum atomic E-state index is 0.313. The molecule has 3 N–H and O–H groups in total. The maximum Gasteiger partial charge on any atom is 0.0410 e. The number of nitrogens with zero attached hydrogens (tertiary/aromatic N) is 1. The number of hydrogen-bond acceptors (Lipinski definition) is 4. The van der Waals surface area contributed by atoms with E-state index in [1.807, 2.05) is 18.0 Å². The quantitative estimate of drug-likeness (QED) is 0.461. The Bertz CT molecular complexity index is 309. The van der Waals surface area contributed by atoms with Gasteiger partial charge in [0, 0.05) is 28.7 Å². The Kier molecular flexibility index (Phi) is 7.03. The molecule has 0 spiro atoms. The predicted octanol–water partition coefficient (Wildman–Crippen LogP) is 2.36. The molecule has 1 aromatic rings. The van der Waals surface area contributed by atoms with Crippen LogP contribution in [0.25, 0.3) is 0 Å². The van der Waals surface area contributed by atoms with Gasteiger partial charge in [-0.25, -0.2) is 0 Å². The third-order valence-electron chi connectivity index (χ3n) is 2.15. The molecule has 0 aromatic carbocycles. The van der Waals surface area contributed by atoms with Crippen LogP contribution in [0.2, 0.25) is 0 Å². The van der Waals surface area contributed by atoms with Crippen molar-refractivity contribution in [2.24, 2.45) is 5.84 Å². The molecule has 0 radical (unpaired) electrons. The molecule has 1 aromatic heterocycles.